The second-order valence-corrected chi connectivity index (χ2v) is 27.8. The fourth-order valence-electron chi connectivity index (χ4n) is 10.8. The number of allylic oxidation sites excluding steroid dienone is 15. The number of quaternary nitrogens is 1. The van der Waals surface area contributed by atoms with Crippen LogP contribution in [0.4, 0.5) is 0 Å². The van der Waals surface area contributed by atoms with Gasteiger partial charge in [0.15, 0.2) is 0 Å². The summed E-state index contributed by atoms with van der Waals surface area (Å²) < 4.78 is 30.5. The summed E-state index contributed by atoms with van der Waals surface area (Å²) in [7, 11) is 1.17. The van der Waals surface area contributed by atoms with Crippen molar-refractivity contribution in [3.63, 3.8) is 0 Å². The van der Waals surface area contributed by atoms with Gasteiger partial charge in [-0.05, 0) is 109 Å². The molecule has 0 spiro atoms. The van der Waals surface area contributed by atoms with Crippen molar-refractivity contribution in [3.05, 3.63) is 97.2 Å². The number of nitrogens with zero attached hydrogens (tertiary/aromatic N) is 1. The van der Waals surface area contributed by atoms with Gasteiger partial charge in [0, 0.05) is 12.8 Å². The number of likely N-dealkylation sites (N-methyl/N-ethyl adjacent to an activating group) is 1. The van der Waals surface area contributed by atoms with Gasteiger partial charge in [0.05, 0.1) is 33.8 Å². The molecular weight excluding hydrogens is 1120 g/mol. The minimum Gasteiger partial charge on any atom is -0.756 e. The molecule has 0 bridgehead atoms. The third-order valence-electron chi connectivity index (χ3n) is 16.5. The fraction of sp³-hybridized carbons (Fsp3) is 0.772. The van der Waals surface area contributed by atoms with Gasteiger partial charge in [-0.3, -0.25) is 14.2 Å². The Bertz CT molecular complexity index is 1840. The second-order valence-electron chi connectivity index (χ2n) is 26.4. The van der Waals surface area contributed by atoms with Crippen LogP contribution in [0.15, 0.2) is 97.2 Å². The van der Waals surface area contributed by atoms with Crippen molar-refractivity contribution in [2.24, 2.45) is 0 Å². The number of carbonyl (C=O) groups excluding carboxylic acids is 2. The zero-order valence-corrected chi connectivity index (χ0v) is 60.0. The van der Waals surface area contributed by atoms with Crippen LogP contribution in [0.3, 0.4) is 0 Å². The average molecular weight is 1260 g/mol. The van der Waals surface area contributed by atoms with Crippen LogP contribution in [0, 0.1) is 0 Å². The molecule has 0 aromatic heterocycles. The first-order valence-electron chi connectivity index (χ1n) is 37.5. The van der Waals surface area contributed by atoms with E-state index >= 15 is 0 Å². The van der Waals surface area contributed by atoms with E-state index in [1.807, 2.05) is 33.3 Å². The number of nitrogens with one attached hydrogen (secondary N) is 1. The van der Waals surface area contributed by atoms with Crippen molar-refractivity contribution >= 4 is 19.7 Å². The summed E-state index contributed by atoms with van der Waals surface area (Å²) in [5, 5.41) is 3.04. The molecule has 0 saturated carbocycles. The molecule has 0 aliphatic rings. The topological polar surface area (TPSA) is 114 Å². The second kappa shape index (κ2) is 67.8. The van der Waals surface area contributed by atoms with Gasteiger partial charge in [-0.25, -0.2) is 0 Å². The van der Waals surface area contributed by atoms with E-state index < -0.39 is 26.6 Å². The molecule has 3 atom stereocenters. The van der Waals surface area contributed by atoms with E-state index in [0.29, 0.717) is 17.4 Å². The maximum atomic E-state index is 13.6. The molecule has 1 N–H and O–H groups in total. The van der Waals surface area contributed by atoms with E-state index in [1.165, 1.54) is 186 Å². The van der Waals surface area contributed by atoms with Crippen molar-refractivity contribution in [3.8, 4) is 0 Å². The van der Waals surface area contributed by atoms with Crippen molar-refractivity contribution < 1.29 is 37.3 Å². The summed E-state index contributed by atoms with van der Waals surface area (Å²) in [4.78, 5) is 40.3. The van der Waals surface area contributed by atoms with Crippen LogP contribution in [0.5, 0.6) is 0 Å². The Kier molecular flexibility index (Phi) is 65.5. The number of rotatable bonds is 68. The first-order chi connectivity index (χ1) is 43.4. The molecule has 9 nitrogen and oxygen atoms in total. The molecule has 10 heteroatoms. The van der Waals surface area contributed by atoms with E-state index in [2.05, 4.69) is 111 Å². The maximum absolute atomic E-state index is 13.6. The minimum absolute atomic E-state index is 0.0284. The van der Waals surface area contributed by atoms with Crippen LogP contribution in [0.1, 0.15) is 342 Å². The van der Waals surface area contributed by atoms with Crippen LogP contribution in [-0.4, -0.2) is 69.4 Å². The van der Waals surface area contributed by atoms with Crippen LogP contribution >= 0.6 is 7.82 Å². The third kappa shape index (κ3) is 69.1. The molecule has 0 aromatic rings. The Balaban J connectivity index is 5.08. The van der Waals surface area contributed by atoms with E-state index in [0.717, 1.165) is 122 Å². The van der Waals surface area contributed by atoms with Gasteiger partial charge >= 0.3 is 5.97 Å². The summed E-state index contributed by atoms with van der Waals surface area (Å²) >= 11 is 0. The van der Waals surface area contributed by atoms with Crippen LogP contribution in [0.2, 0.25) is 0 Å². The molecule has 0 fully saturated rings. The number of amides is 1. The Morgan fingerprint density at radius 1 is 0.404 bits per heavy atom. The quantitative estimate of drug-likeness (QED) is 0.0212. The first kappa shape index (κ1) is 85.9. The lowest BCUT2D eigenvalue weighted by Crippen LogP contribution is -2.47. The largest absolute Gasteiger partial charge is 0.756 e. The van der Waals surface area contributed by atoms with Gasteiger partial charge in [0.2, 0.25) is 5.91 Å². The molecule has 3 unspecified atom stereocenters. The smallest absolute Gasteiger partial charge is 0.306 e. The highest BCUT2D eigenvalue weighted by Crippen LogP contribution is 2.38. The number of esters is 1. The summed E-state index contributed by atoms with van der Waals surface area (Å²) in [5.41, 5.74) is 0. The summed E-state index contributed by atoms with van der Waals surface area (Å²) in [6.07, 6.45) is 92.5. The van der Waals surface area contributed by atoms with Crippen LogP contribution in [-0.2, 0) is 27.9 Å². The highest BCUT2D eigenvalue weighted by atomic mass is 31.2. The molecule has 0 aromatic carbocycles. The standard InChI is InChI=1S/C79H143N2O7P/c1-7-10-13-16-19-22-25-28-30-32-34-36-38-40-42-44-46-48-50-53-56-59-62-65-68-71-78(82)80-76(75-87-89(84,85)86-74-73-81(4,5)6)77(70-67-64-61-58-55-52-27-24-21-18-15-12-9-3)88-79(83)72-69-66-63-60-57-54-51-49-47-45-43-41-39-37-35-33-31-29-26-23-20-17-14-11-8-2/h10,13,19,22,28-31,34,36,40,42,46,48,67,70,76-77H,7-9,11-12,14-18,20-21,23-27,32-33,35,37-39,41,43-45,47,49-66,68-69,71-75H2,1-6H3,(H-,80,82,84,85)/b13-10-,22-19-,30-28-,31-29+,36-34-,42-40-,48-46-,70-67+. The SMILES string of the molecule is CC/C=C\C/C=C\C/C=C\C/C=C\C/C=C\C/C=C\CCCCCCCCC(=O)NC(COP(=O)([O-])OCC[N+](C)(C)C)C(/C=C/CCCCCCCCCCCCC)OC(=O)CCCCCCCCCCCCCCCCC/C=C/CCCCCCCC. The van der Waals surface area contributed by atoms with Gasteiger partial charge < -0.3 is 28.5 Å². The molecule has 89 heavy (non-hydrogen) atoms. The minimum atomic E-state index is -4.72. The number of phosphoric ester groups is 1. The third-order valence-corrected chi connectivity index (χ3v) is 17.5. The van der Waals surface area contributed by atoms with Gasteiger partial charge in [-0.15, -0.1) is 0 Å². The molecule has 0 aliphatic carbocycles. The average Bonchev–Trinajstić information content (AvgIpc) is 3.67. The summed E-state index contributed by atoms with van der Waals surface area (Å²) in [6, 6.07) is -0.903. The number of hydrogen-bond acceptors (Lipinski definition) is 7. The Morgan fingerprint density at radius 3 is 1.09 bits per heavy atom. The number of ether oxygens (including phenoxy) is 1. The normalized spacial score (nSPS) is 14.0. The van der Waals surface area contributed by atoms with E-state index in [9.17, 15) is 19.0 Å². The number of phosphoric acid groups is 1. The predicted molar refractivity (Wildman–Crippen MR) is 385 cm³/mol. The maximum Gasteiger partial charge on any atom is 0.306 e. The Morgan fingerprint density at radius 2 is 0.719 bits per heavy atom. The molecule has 516 valence electrons. The van der Waals surface area contributed by atoms with Gasteiger partial charge in [-0.2, -0.15) is 0 Å². The van der Waals surface area contributed by atoms with Gasteiger partial charge in [-0.1, -0.05) is 317 Å². The van der Waals surface area contributed by atoms with Gasteiger partial charge in [0.1, 0.15) is 19.3 Å². The molecule has 0 saturated heterocycles. The van der Waals surface area contributed by atoms with Crippen LogP contribution < -0.4 is 10.2 Å². The predicted octanol–water partition coefficient (Wildman–Crippen LogP) is 23.6. The van der Waals surface area contributed by atoms with Crippen molar-refractivity contribution in [2.45, 2.75) is 354 Å². The zero-order valence-electron chi connectivity index (χ0n) is 59.1. The molecular formula is C79H143N2O7P. The molecule has 1 amide bonds. The number of carbonyl (C=O) groups is 2. The van der Waals surface area contributed by atoms with Gasteiger partial charge in [0.25, 0.3) is 7.82 Å². The number of unbranched alkanes of at least 4 members (excludes halogenated alkanes) is 38. The van der Waals surface area contributed by atoms with E-state index in [4.69, 9.17) is 13.8 Å². The lowest BCUT2D eigenvalue weighted by Gasteiger charge is -2.30. The monoisotopic (exact) mass is 1260 g/mol. The lowest BCUT2D eigenvalue weighted by molar-refractivity contribution is -0.870. The molecule has 0 radical (unpaired) electrons. The Hall–Kier alpha value is -3.07. The summed E-state index contributed by atoms with van der Waals surface area (Å²) in [6.45, 7) is 6.75. The highest BCUT2D eigenvalue weighted by molar-refractivity contribution is 7.45. The van der Waals surface area contributed by atoms with E-state index in [-0.39, 0.29) is 24.9 Å². The zero-order chi connectivity index (χ0) is 64.9. The van der Waals surface area contributed by atoms with Crippen molar-refractivity contribution in [1.82, 2.24) is 5.32 Å². The Labute approximate surface area is 551 Å². The number of hydrogen-bond donors (Lipinski definition) is 1. The lowest BCUT2D eigenvalue weighted by atomic mass is 10.0. The first-order valence-corrected chi connectivity index (χ1v) is 39.0. The van der Waals surface area contributed by atoms with E-state index in [1.54, 1.807) is 0 Å². The molecule has 0 rings (SSSR count). The molecule has 0 aliphatic heterocycles. The highest BCUT2D eigenvalue weighted by Gasteiger charge is 2.27. The van der Waals surface area contributed by atoms with Crippen molar-refractivity contribution in [1.29, 1.82) is 0 Å². The fourth-order valence-corrected chi connectivity index (χ4v) is 11.5. The van der Waals surface area contributed by atoms with Crippen LogP contribution in [0.25, 0.3) is 0 Å². The van der Waals surface area contributed by atoms with Crippen molar-refractivity contribution in [2.75, 3.05) is 40.9 Å². The molecule has 0 heterocycles. The summed E-state index contributed by atoms with van der Waals surface area (Å²) in [5.74, 6) is -0.550.